The van der Waals surface area contributed by atoms with Crippen molar-refractivity contribution in [3.05, 3.63) is 64.8 Å². The predicted octanol–water partition coefficient (Wildman–Crippen LogP) is 5.24. The summed E-state index contributed by atoms with van der Waals surface area (Å²) in [5.74, 6) is 1.59. The first-order valence-electron chi connectivity index (χ1n) is 7.69. The molecule has 2 aromatic carbocycles. The van der Waals surface area contributed by atoms with Crippen LogP contribution in [0.1, 0.15) is 25.3 Å². The molecule has 1 heterocycles. The molecule has 3 aromatic rings. The van der Waals surface area contributed by atoms with Gasteiger partial charge in [-0.1, -0.05) is 48.0 Å². The van der Waals surface area contributed by atoms with Gasteiger partial charge in [0.1, 0.15) is 0 Å². The Kier molecular flexibility index (Phi) is 5.05. The average Bonchev–Trinajstić information content (AvgIpc) is 2.56. The Morgan fingerprint density at radius 3 is 2.46 bits per heavy atom. The van der Waals surface area contributed by atoms with Crippen LogP contribution in [0.5, 0.6) is 0 Å². The smallest absolute Gasteiger partial charge is 0.249 e. The minimum Gasteiger partial charge on any atom is -0.339 e. The molecule has 0 fully saturated rings. The van der Waals surface area contributed by atoms with Crippen molar-refractivity contribution in [1.29, 1.82) is 0 Å². The number of halogens is 1. The number of anilines is 4. The van der Waals surface area contributed by atoms with E-state index < -0.39 is 0 Å². The lowest BCUT2D eigenvalue weighted by molar-refractivity contribution is 0.867. The standard InChI is InChI=1S/C18H18BrN5/c1-12(2)13-6-8-15(9-7-13)21-17-11-20-24-18(23-17)22-16-5-3-4-14(19)10-16/h3-12H,1-2H3,(H2,21,22,23,24). The largest absolute Gasteiger partial charge is 0.339 e. The number of rotatable bonds is 5. The van der Waals surface area contributed by atoms with Gasteiger partial charge in [-0.05, 0) is 41.8 Å². The SMILES string of the molecule is CC(C)c1ccc(Nc2cnnc(Nc3cccc(Br)c3)n2)cc1. The molecule has 122 valence electrons. The van der Waals surface area contributed by atoms with E-state index in [0.717, 1.165) is 15.8 Å². The molecule has 0 aliphatic heterocycles. The van der Waals surface area contributed by atoms with Crippen molar-refractivity contribution in [3.63, 3.8) is 0 Å². The number of aromatic nitrogens is 3. The fourth-order valence-electron chi connectivity index (χ4n) is 2.21. The van der Waals surface area contributed by atoms with E-state index in [0.29, 0.717) is 17.7 Å². The maximum absolute atomic E-state index is 4.44. The first kappa shape index (κ1) is 16.4. The van der Waals surface area contributed by atoms with Crippen molar-refractivity contribution in [2.45, 2.75) is 19.8 Å². The minimum atomic E-state index is 0.442. The van der Waals surface area contributed by atoms with Crippen LogP contribution in [0.3, 0.4) is 0 Å². The Bertz CT molecular complexity index is 818. The van der Waals surface area contributed by atoms with Gasteiger partial charge in [0.05, 0.1) is 6.20 Å². The third kappa shape index (κ3) is 4.29. The second kappa shape index (κ2) is 7.40. The second-order valence-corrected chi connectivity index (χ2v) is 6.62. The fourth-order valence-corrected chi connectivity index (χ4v) is 2.61. The lowest BCUT2D eigenvalue weighted by Crippen LogP contribution is -2.02. The van der Waals surface area contributed by atoms with E-state index in [2.05, 4.69) is 67.7 Å². The molecule has 0 spiro atoms. The van der Waals surface area contributed by atoms with Gasteiger partial charge in [0, 0.05) is 15.8 Å². The summed E-state index contributed by atoms with van der Waals surface area (Å²) in [7, 11) is 0. The summed E-state index contributed by atoms with van der Waals surface area (Å²) in [6.45, 7) is 4.35. The van der Waals surface area contributed by atoms with Crippen LogP contribution >= 0.6 is 15.9 Å². The maximum atomic E-state index is 4.44. The molecule has 0 amide bonds. The molecule has 0 atom stereocenters. The molecular formula is C18H18BrN5. The molecule has 0 aliphatic carbocycles. The summed E-state index contributed by atoms with van der Waals surface area (Å²) in [6.07, 6.45) is 1.60. The summed E-state index contributed by atoms with van der Waals surface area (Å²) in [5, 5.41) is 14.4. The summed E-state index contributed by atoms with van der Waals surface area (Å²) >= 11 is 3.44. The van der Waals surface area contributed by atoms with Crippen molar-refractivity contribution in [2.24, 2.45) is 0 Å². The number of nitrogens with one attached hydrogen (secondary N) is 2. The van der Waals surface area contributed by atoms with Crippen molar-refractivity contribution in [1.82, 2.24) is 15.2 Å². The Balaban J connectivity index is 1.73. The number of benzene rings is 2. The van der Waals surface area contributed by atoms with E-state index in [1.165, 1.54) is 5.56 Å². The molecule has 2 N–H and O–H groups in total. The zero-order valence-electron chi connectivity index (χ0n) is 13.5. The monoisotopic (exact) mass is 383 g/mol. The topological polar surface area (TPSA) is 62.7 Å². The molecule has 0 radical (unpaired) electrons. The van der Waals surface area contributed by atoms with Crippen LogP contribution in [-0.2, 0) is 0 Å². The van der Waals surface area contributed by atoms with Crippen molar-refractivity contribution in [2.75, 3.05) is 10.6 Å². The van der Waals surface area contributed by atoms with Crippen molar-refractivity contribution < 1.29 is 0 Å². The van der Waals surface area contributed by atoms with Gasteiger partial charge in [-0.25, -0.2) is 0 Å². The van der Waals surface area contributed by atoms with E-state index in [4.69, 9.17) is 0 Å². The quantitative estimate of drug-likeness (QED) is 0.630. The highest BCUT2D eigenvalue weighted by atomic mass is 79.9. The Morgan fingerprint density at radius 2 is 1.75 bits per heavy atom. The molecule has 1 aromatic heterocycles. The molecule has 24 heavy (non-hydrogen) atoms. The molecule has 6 heteroatoms. The highest BCUT2D eigenvalue weighted by Gasteiger charge is 2.03. The maximum Gasteiger partial charge on any atom is 0.249 e. The van der Waals surface area contributed by atoms with Crippen molar-refractivity contribution in [3.8, 4) is 0 Å². The summed E-state index contributed by atoms with van der Waals surface area (Å²) in [6, 6.07) is 16.1. The van der Waals surface area contributed by atoms with Crippen LogP contribution in [0.15, 0.2) is 59.2 Å². The number of nitrogens with zero attached hydrogens (tertiary/aromatic N) is 3. The normalized spacial score (nSPS) is 10.7. The van der Waals surface area contributed by atoms with E-state index in [1.54, 1.807) is 6.20 Å². The van der Waals surface area contributed by atoms with Crippen LogP contribution in [0, 0.1) is 0 Å². The molecule has 5 nitrogen and oxygen atoms in total. The first-order valence-corrected chi connectivity index (χ1v) is 8.49. The molecule has 3 rings (SSSR count). The molecule has 0 saturated carbocycles. The lowest BCUT2D eigenvalue weighted by atomic mass is 10.0. The summed E-state index contributed by atoms with van der Waals surface area (Å²) in [4.78, 5) is 4.44. The number of hydrogen-bond acceptors (Lipinski definition) is 5. The van der Waals surface area contributed by atoms with E-state index >= 15 is 0 Å². The van der Waals surface area contributed by atoms with Gasteiger partial charge in [0.15, 0.2) is 5.82 Å². The van der Waals surface area contributed by atoms with Crippen LogP contribution in [0.2, 0.25) is 0 Å². The molecule has 0 unspecified atom stereocenters. The average molecular weight is 384 g/mol. The Hall–Kier alpha value is -2.47. The van der Waals surface area contributed by atoms with Gasteiger partial charge in [-0.3, -0.25) is 0 Å². The van der Waals surface area contributed by atoms with Gasteiger partial charge in [-0.15, -0.1) is 5.10 Å². The van der Waals surface area contributed by atoms with Gasteiger partial charge >= 0.3 is 0 Å². The zero-order chi connectivity index (χ0) is 16.9. The summed E-state index contributed by atoms with van der Waals surface area (Å²) in [5.41, 5.74) is 3.16. The highest BCUT2D eigenvalue weighted by molar-refractivity contribution is 9.10. The van der Waals surface area contributed by atoms with E-state index in [1.807, 2.05) is 36.4 Å². The second-order valence-electron chi connectivity index (χ2n) is 5.70. The van der Waals surface area contributed by atoms with Crippen LogP contribution in [-0.4, -0.2) is 15.2 Å². The minimum absolute atomic E-state index is 0.442. The highest BCUT2D eigenvalue weighted by Crippen LogP contribution is 2.21. The van der Waals surface area contributed by atoms with Crippen LogP contribution in [0.25, 0.3) is 0 Å². The van der Waals surface area contributed by atoms with Gasteiger partial charge in [-0.2, -0.15) is 10.1 Å². The van der Waals surface area contributed by atoms with Gasteiger partial charge in [0.25, 0.3) is 0 Å². The Labute approximate surface area is 149 Å². The molecule has 0 aliphatic rings. The zero-order valence-corrected chi connectivity index (χ0v) is 15.1. The third-order valence-electron chi connectivity index (χ3n) is 3.49. The molecule has 0 bridgehead atoms. The Morgan fingerprint density at radius 1 is 0.958 bits per heavy atom. The van der Waals surface area contributed by atoms with Crippen LogP contribution in [0.4, 0.5) is 23.1 Å². The number of hydrogen-bond donors (Lipinski definition) is 2. The van der Waals surface area contributed by atoms with Crippen molar-refractivity contribution >= 4 is 39.1 Å². The fraction of sp³-hybridized carbons (Fsp3) is 0.167. The van der Waals surface area contributed by atoms with E-state index in [-0.39, 0.29) is 0 Å². The van der Waals surface area contributed by atoms with E-state index in [9.17, 15) is 0 Å². The molecule has 0 saturated heterocycles. The van der Waals surface area contributed by atoms with Gasteiger partial charge < -0.3 is 10.6 Å². The summed E-state index contributed by atoms with van der Waals surface area (Å²) < 4.78 is 0.986. The predicted molar refractivity (Wildman–Crippen MR) is 101 cm³/mol. The lowest BCUT2D eigenvalue weighted by Gasteiger charge is -2.09. The van der Waals surface area contributed by atoms with Gasteiger partial charge in [0.2, 0.25) is 5.95 Å². The third-order valence-corrected chi connectivity index (χ3v) is 3.98. The first-order chi connectivity index (χ1) is 11.6. The molecular weight excluding hydrogens is 366 g/mol. The van der Waals surface area contributed by atoms with Crippen LogP contribution < -0.4 is 10.6 Å².